The van der Waals surface area contributed by atoms with E-state index in [1.54, 1.807) is 39.2 Å². The van der Waals surface area contributed by atoms with Crippen LogP contribution in [0, 0.1) is 17.2 Å². The van der Waals surface area contributed by atoms with Crippen molar-refractivity contribution < 1.29 is 22.4 Å². The Kier molecular flexibility index (Phi) is 8.15. The number of likely N-dealkylation sites (N-methyl/N-ethyl adjacent to an activating group) is 1. The number of amides is 1. The highest BCUT2D eigenvalue weighted by Gasteiger charge is 2.67. The number of alkyl halides is 3. The molecule has 35 heavy (non-hydrogen) atoms. The molecule has 1 aromatic carbocycles. The van der Waals surface area contributed by atoms with E-state index >= 15 is 0 Å². The Labute approximate surface area is 202 Å². The molecule has 2 aromatic rings. The average Bonchev–Trinajstić information content (AvgIpc) is 3.47. The van der Waals surface area contributed by atoms with Gasteiger partial charge in [-0.05, 0) is 57.5 Å². The number of benzene rings is 1. The summed E-state index contributed by atoms with van der Waals surface area (Å²) >= 11 is 0. The predicted octanol–water partition coefficient (Wildman–Crippen LogP) is 4.80. The van der Waals surface area contributed by atoms with Crippen molar-refractivity contribution in [2.45, 2.75) is 44.8 Å². The van der Waals surface area contributed by atoms with Gasteiger partial charge in [0.05, 0.1) is 22.5 Å². The molecule has 0 unspecified atom stereocenters. The molecule has 6 nitrogen and oxygen atoms in total. The molecule has 1 aromatic heterocycles. The molecule has 190 valence electrons. The van der Waals surface area contributed by atoms with Gasteiger partial charge < -0.3 is 10.2 Å². The van der Waals surface area contributed by atoms with Crippen molar-refractivity contribution in [2.24, 2.45) is 16.3 Å². The number of allylic oxidation sites excluding steroid dienone is 2. The molecule has 3 rings (SSSR count). The number of rotatable bonds is 11. The molecule has 1 saturated carbocycles. The van der Waals surface area contributed by atoms with Crippen LogP contribution in [0.15, 0.2) is 47.7 Å². The Morgan fingerprint density at radius 1 is 1.37 bits per heavy atom. The molecular formula is C25H31F4N5O. The number of hydrogen-bond donors (Lipinski definition) is 2. The van der Waals surface area contributed by atoms with Crippen molar-refractivity contribution in [3.8, 4) is 0 Å². The first-order valence-electron chi connectivity index (χ1n) is 11.4. The van der Waals surface area contributed by atoms with Crippen LogP contribution in [0.25, 0.3) is 10.9 Å². The molecule has 1 heterocycles. The normalized spacial score (nSPS) is 17.4. The van der Waals surface area contributed by atoms with Crippen molar-refractivity contribution >= 4 is 23.0 Å². The molecule has 0 radical (unpaired) electrons. The van der Waals surface area contributed by atoms with E-state index in [1.165, 1.54) is 18.6 Å². The van der Waals surface area contributed by atoms with Crippen LogP contribution in [0.2, 0.25) is 0 Å². The summed E-state index contributed by atoms with van der Waals surface area (Å²) in [5.74, 6) is -1.99. The number of aromatic amines is 1. The van der Waals surface area contributed by atoms with Gasteiger partial charge in [0, 0.05) is 37.3 Å². The Balaban J connectivity index is 1.69. The van der Waals surface area contributed by atoms with Gasteiger partial charge in [0.25, 0.3) is 0 Å². The summed E-state index contributed by atoms with van der Waals surface area (Å²) in [6, 6.07) is 3.13. The van der Waals surface area contributed by atoms with E-state index in [4.69, 9.17) is 0 Å². The molecule has 1 aliphatic rings. The van der Waals surface area contributed by atoms with Gasteiger partial charge >= 0.3 is 6.18 Å². The summed E-state index contributed by atoms with van der Waals surface area (Å²) < 4.78 is 56.4. The maximum atomic E-state index is 14.9. The lowest BCUT2D eigenvalue weighted by atomic mass is 9.80. The molecule has 1 amide bonds. The third-order valence-corrected chi connectivity index (χ3v) is 6.69. The highest BCUT2D eigenvalue weighted by Crippen LogP contribution is 2.64. The van der Waals surface area contributed by atoms with E-state index in [9.17, 15) is 22.4 Å². The fourth-order valence-electron chi connectivity index (χ4n) is 4.33. The number of H-pyrrole nitrogens is 1. The van der Waals surface area contributed by atoms with Crippen LogP contribution in [0.4, 0.5) is 17.6 Å². The summed E-state index contributed by atoms with van der Waals surface area (Å²) in [4.78, 5) is 18.6. The number of carbonyl (C=O) groups is 1. The number of aliphatic imine (C=N–C) groups is 1. The summed E-state index contributed by atoms with van der Waals surface area (Å²) in [5.41, 5.74) is -0.725. The highest BCUT2D eigenvalue weighted by molar-refractivity contribution is 5.83. The van der Waals surface area contributed by atoms with E-state index in [0.717, 1.165) is 0 Å². The molecule has 1 fully saturated rings. The van der Waals surface area contributed by atoms with Crippen LogP contribution in [0.1, 0.15) is 31.7 Å². The first-order chi connectivity index (χ1) is 16.5. The first-order valence-corrected chi connectivity index (χ1v) is 11.4. The number of hydrogen-bond acceptors (Lipinski definition) is 4. The molecule has 10 heteroatoms. The first kappa shape index (κ1) is 26.6. The minimum atomic E-state index is -4.44. The number of halogens is 4. The van der Waals surface area contributed by atoms with Crippen molar-refractivity contribution in [3.05, 3.63) is 54.1 Å². The van der Waals surface area contributed by atoms with Crippen molar-refractivity contribution in [2.75, 3.05) is 20.6 Å². The van der Waals surface area contributed by atoms with Crippen LogP contribution in [0.3, 0.4) is 0 Å². The summed E-state index contributed by atoms with van der Waals surface area (Å²) in [7, 11) is 3.60. The van der Waals surface area contributed by atoms with Crippen LogP contribution < -0.4 is 5.32 Å². The summed E-state index contributed by atoms with van der Waals surface area (Å²) in [6.45, 7) is 5.68. The third-order valence-electron chi connectivity index (χ3n) is 6.69. The SMILES string of the molecule is C=C(C=N/C=C\C)[C@H](CC(=O)NC[C@H](Cc1ccc2[nH]ncc2c1F)N(C)C)C1(C(F)(F)F)CC1. The second-order valence-electron chi connectivity index (χ2n) is 9.24. The second kappa shape index (κ2) is 10.7. The molecule has 1 aliphatic carbocycles. The zero-order chi connectivity index (χ0) is 25.8. The minimum Gasteiger partial charge on any atom is -0.355 e. The van der Waals surface area contributed by atoms with E-state index in [2.05, 4.69) is 27.1 Å². The average molecular weight is 494 g/mol. The van der Waals surface area contributed by atoms with E-state index in [1.807, 2.05) is 4.90 Å². The van der Waals surface area contributed by atoms with Crippen LogP contribution in [-0.4, -0.2) is 60.1 Å². The molecule has 0 spiro atoms. The van der Waals surface area contributed by atoms with Gasteiger partial charge in [-0.25, -0.2) is 4.39 Å². The lowest BCUT2D eigenvalue weighted by molar-refractivity contribution is -0.199. The number of nitrogens with one attached hydrogen (secondary N) is 2. The fourth-order valence-corrected chi connectivity index (χ4v) is 4.33. The largest absolute Gasteiger partial charge is 0.395 e. The lowest BCUT2D eigenvalue weighted by Gasteiger charge is -2.30. The lowest BCUT2D eigenvalue weighted by Crippen LogP contribution is -2.43. The number of nitrogens with zero attached hydrogens (tertiary/aromatic N) is 3. The number of aromatic nitrogens is 2. The van der Waals surface area contributed by atoms with Gasteiger partial charge in [0.1, 0.15) is 5.82 Å². The molecule has 0 aliphatic heterocycles. The van der Waals surface area contributed by atoms with Crippen molar-refractivity contribution in [3.63, 3.8) is 0 Å². The number of carbonyl (C=O) groups excluding carboxylic acids is 1. The highest BCUT2D eigenvalue weighted by atomic mass is 19.4. The third kappa shape index (κ3) is 5.98. The molecule has 0 saturated heterocycles. The van der Waals surface area contributed by atoms with Gasteiger partial charge in [0.2, 0.25) is 5.91 Å². The maximum Gasteiger partial charge on any atom is 0.395 e. The van der Waals surface area contributed by atoms with E-state index in [-0.39, 0.29) is 43.2 Å². The minimum absolute atomic E-state index is 0.0407. The Hall–Kier alpha value is -3.01. The topological polar surface area (TPSA) is 73.4 Å². The molecule has 2 N–H and O–H groups in total. The Morgan fingerprint density at radius 3 is 2.69 bits per heavy atom. The van der Waals surface area contributed by atoms with Crippen molar-refractivity contribution in [1.82, 2.24) is 20.4 Å². The molecular weight excluding hydrogens is 462 g/mol. The van der Waals surface area contributed by atoms with Crippen molar-refractivity contribution in [1.29, 1.82) is 0 Å². The summed E-state index contributed by atoms with van der Waals surface area (Å²) in [6.07, 6.45) is 1.25. The van der Waals surface area contributed by atoms with E-state index < -0.39 is 23.4 Å². The fraction of sp³-hybridized carbons (Fsp3) is 0.480. The molecule has 0 bridgehead atoms. The van der Waals surface area contributed by atoms with Crippen LogP contribution in [-0.2, 0) is 11.2 Å². The summed E-state index contributed by atoms with van der Waals surface area (Å²) in [5, 5.41) is 9.70. The predicted molar refractivity (Wildman–Crippen MR) is 129 cm³/mol. The zero-order valence-corrected chi connectivity index (χ0v) is 20.1. The zero-order valence-electron chi connectivity index (χ0n) is 20.1. The van der Waals surface area contributed by atoms with Gasteiger partial charge in [-0.1, -0.05) is 18.7 Å². The van der Waals surface area contributed by atoms with Gasteiger partial charge in [-0.15, -0.1) is 0 Å². The van der Waals surface area contributed by atoms with E-state index in [0.29, 0.717) is 22.9 Å². The molecule has 2 atom stereocenters. The maximum absolute atomic E-state index is 14.9. The van der Waals surface area contributed by atoms with Gasteiger partial charge in [-0.3, -0.25) is 14.9 Å². The van der Waals surface area contributed by atoms with Gasteiger partial charge in [-0.2, -0.15) is 18.3 Å². The number of fused-ring (bicyclic) bond motifs is 1. The quantitative estimate of drug-likeness (QED) is 0.349. The smallest absolute Gasteiger partial charge is 0.355 e. The van der Waals surface area contributed by atoms with Crippen LogP contribution in [0.5, 0.6) is 0 Å². The van der Waals surface area contributed by atoms with Gasteiger partial charge in [0.15, 0.2) is 0 Å². The van der Waals surface area contributed by atoms with Crippen LogP contribution >= 0.6 is 0 Å². The standard InChI is InChI=1S/C25H31F4N5O/c1-5-10-30-13-16(2)20(24(8-9-24)25(27,28)29)12-22(35)31-14-18(34(3)4)11-17-6-7-21-19(23(17)26)15-32-33-21/h5-7,10,13,15,18,20H,2,8-9,11-12,14H2,1,3-4H3,(H,31,35)(H,32,33)/b10-5-,30-13?/t18-,20-/m0/s1. The monoisotopic (exact) mass is 493 g/mol. The Morgan fingerprint density at radius 2 is 2.09 bits per heavy atom. The Bertz CT molecular complexity index is 1110. The second-order valence-corrected chi connectivity index (χ2v) is 9.24.